The lowest BCUT2D eigenvalue weighted by atomic mass is 10.1. The Morgan fingerprint density at radius 1 is 0.967 bits per heavy atom. The fourth-order valence-corrected chi connectivity index (χ4v) is 5.05. The largest absolute Gasteiger partial charge is 0.454 e. The molecule has 0 aromatic heterocycles. The third-order valence-corrected chi connectivity index (χ3v) is 6.92. The lowest BCUT2D eigenvalue weighted by molar-refractivity contribution is -0.916. The zero-order chi connectivity index (χ0) is 21.7. The number of carbonyl (C=O) groups is 2. The fraction of sp³-hybridized carbons (Fsp3) is 0.920. The molecule has 0 N–H and O–H groups in total. The molecule has 5 nitrogen and oxygen atoms in total. The van der Waals surface area contributed by atoms with Crippen molar-refractivity contribution >= 4 is 11.9 Å². The monoisotopic (exact) mass is 423 g/mol. The third kappa shape index (κ3) is 9.80. The van der Waals surface area contributed by atoms with Crippen molar-refractivity contribution < 1.29 is 18.8 Å². The van der Waals surface area contributed by atoms with Gasteiger partial charge in [0.25, 0.3) is 0 Å². The van der Waals surface area contributed by atoms with Gasteiger partial charge in [0.2, 0.25) is 5.91 Å². The van der Waals surface area contributed by atoms with Crippen molar-refractivity contribution in [3.8, 4) is 0 Å². The van der Waals surface area contributed by atoms with Crippen LogP contribution in [0.2, 0.25) is 0 Å². The Morgan fingerprint density at radius 3 is 2.20 bits per heavy atom. The SMILES string of the molecule is CCCCCCCCCCCC(=O)OC(CN1CCCC1=O)C[N+]1(C)CCCCC1. The highest BCUT2D eigenvalue weighted by Crippen LogP contribution is 2.20. The number of piperidine rings is 1. The van der Waals surface area contributed by atoms with Crippen LogP contribution in [-0.2, 0) is 14.3 Å². The molecule has 174 valence electrons. The quantitative estimate of drug-likeness (QED) is 0.210. The van der Waals surface area contributed by atoms with Gasteiger partial charge < -0.3 is 14.1 Å². The van der Waals surface area contributed by atoms with E-state index >= 15 is 0 Å². The molecular weight excluding hydrogens is 376 g/mol. The molecule has 2 rings (SSSR count). The number of esters is 1. The van der Waals surface area contributed by atoms with Crippen molar-refractivity contribution in [2.75, 3.05) is 39.8 Å². The maximum atomic E-state index is 12.5. The Labute approximate surface area is 185 Å². The third-order valence-electron chi connectivity index (χ3n) is 6.92. The maximum Gasteiger partial charge on any atom is 0.306 e. The van der Waals surface area contributed by atoms with Crippen LogP contribution in [0.5, 0.6) is 0 Å². The van der Waals surface area contributed by atoms with Crippen molar-refractivity contribution in [1.82, 2.24) is 4.90 Å². The second kappa shape index (κ2) is 14.1. The van der Waals surface area contributed by atoms with Gasteiger partial charge in [0.05, 0.1) is 26.7 Å². The molecule has 1 amide bonds. The molecule has 0 spiro atoms. The predicted molar refractivity (Wildman–Crippen MR) is 122 cm³/mol. The van der Waals surface area contributed by atoms with Crippen LogP contribution >= 0.6 is 0 Å². The fourth-order valence-electron chi connectivity index (χ4n) is 5.05. The summed E-state index contributed by atoms with van der Waals surface area (Å²) in [6.07, 6.45) is 17.0. The molecule has 2 saturated heterocycles. The van der Waals surface area contributed by atoms with Gasteiger partial charge in [-0.3, -0.25) is 9.59 Å². The summed E-state index contributed by atoms with van der Waals surface area (Å²) in [4.78, 5) is 26.5. The van der Waals surface area contributed by atoms with Gasteiger partial charge in [-0.15, -0.1) is 0 Å². The van der Waals surface area contributed by atoms with Crippen molar-refractivity contribution in [1.29, 1.82) is 0 Å². The summed E-state index contributed by atoms with van der Waals surface area (Å²) in [6.45, 7) is 6.79. The molecule has 1 atom stereocenters. The molecule has 0 aromatic rings. The van der Waals surface area contributed by atoms with E-state index in [0.29, 0.717) is 19.4 Å². The molecule has 2 aliphatic rings. The summed E-state index contributed by atoms with van der Waals surface area (Å²) in [5.74, 6) is 0.148. The molecule has 0 saturated carbocycles. The first-order valence-corrected chi connectivity index (χ1v) is 12.8. The van der Waals surface area contributed by atoms with Crippen LogP contribution in [-0.4, -0.2) is 67.1 Å². The van der Waals surface area contributed by atoms with Gasteiger partial charge in [0, 0.05) is 19.4 Å². The Morgan fingerprint density at radius 2 is 1.60 bits per heavy atom. The van der Waals surface area contributed by atoms with Crippen molar-refractivity contribution in [2.45, 2.75) is 109 Å². The van der Waals surface area contributed by atoms with Crippen molar-refractivity contribution in [3.05, 3.63) is 0 Å². The number of ether oxygens (including phenoxy) is 1. The number of unbranched alkanes of at least 4 members (excludes halogenated alkanes) is 8. The van der Waals surface area contributed by atoms with Gasteiger partial charge in [-0.1, -0.05) is 58.3 Å². The Balaban J connectivity index is 1.70. The van der Waals surface area contributed by atoms with Crippen LogP contribution in [0.15, 0.2) is 0 Å². The Hall–Kier alpha value is -1.10. The highest BCUT2D eigenvalue weighted by atomic mass is 16.5. The summed E-state index contributed by atoms with van der Waals surface area (Å²) in [5.41, 5.74) is 0. The van der Waals surface area contributed by atoms with E-state index in [0.717, 1.165) is 49.9 Å². The van der Waals surface area contributed by atoms with Gasteiger partial charge in [-0.25, -0.2) is 0 Å². The molecule has 0 radical (unpaired) electrons. The average molecular weight is 424 g/mol. The normalized spacial score (nSPS) is 19.8. The molecular formula is C25H47N2O3+. The van der Waals surface area contributed by atoms with Gasteiger partial charge in [0.15, 0.2) is 6.10 Å². The molecule has 5 heteroatoms. The number of rotatable bonds is 15. The van der Waals surface area contributed by atoms with E-state index in [2.05, 4.69) is 14.0 Å². The van der Waals surface area contributed by atoms with Crippen LogP contribution in [0.1, 0.15) is 103 Å². The number of hydrogen-bond donors (Lipinski definition) is 0. The summed E-state index contributed by atoms with van der Waals surface area (Å²) in [6, 6.07) is 0. The summed E-state index contributed by atoms with van der Waals surface area (Å²) in [5, 5.41) is 0. The number of hydrogen-bond acceptors (Lipinski definition) is 3. The van der Waals surface area contributed by atoms with Crippen molar-refractivity contribution in [2.24, 2.45) is 0 Å². The zero-order valence-corrected chi connectivity index (χ0v) is 19.8. The highest BCUT2D eigenvalue weighted by molar-refractivity contribution is 5.78. The summed E-state index contributed by atoms with van der Waals surface area (Å²) in [7, 11) is 2.28. The first kappa shape index (κ1) is 25.2. The van der Waals surface area contributed by atoms with Crippen LogP contribution < -0.4 is 0 Å². The number of amides is 1. The molecule has 0 aromatic carbocycles. The predicted octanol–water partition coefficient (Wildman–Crippen LogP) is 5.07. The second-order valence-electron chi connectivity index (χ2n) is 9.94. The minimum Gasteiger partial charge on any atom is -0.454 e. The number of carbonyl (C=O) groups excluding carboxylic acids is 2. The number of quaternary nitrogens is 1. The molecule has 1 unspecified atom stereocenters. The molecule has 0 bridgehead atoms. The first-order valence-electron chi connectivity index (χ1n) is 12.8. The molecule has 2 heterocycles. The van der Waals surface area contributed by atoms with Crippen LogP contribution in [0.3, 0.4) is 0 Å². The highest BCUT2D eigenvalue weighted by Gasteiger charge is 2.33. The van der Waals surface area contributed by atoms with Gasteiger partial charge in [-0.05, 0) is 32.1 Å². The average Bonchev–Trinajstić information content (AvgIpc) is 3.11. The lowest BCUT2D eigenvalue weighted by Gasteiger charge is -2.40. The minimum absolute atomic E-state index is 0.0711. The van der Waals surface area contributed by atoms with Crippen LogP contribution in [0, 0.1) is 0 Å². The Bertz CT molecular complexity index is 503. The standard InChI is InChI=1S/C25H47N2O3/c1-3-4-5-6-7-8-9-10-12-17-25(29)30-23(21-26-18-15-16-24(26)28)22-27(2)19-13-11-14-20-27/h23H,3-22H2,1-2H3/q+1. The zero-order valence-electron chi connectivity index (χ0n) is 19.8. The van der Waals surface area contributed by atoms with Gasteiger partial charge in [0.1, 0.15) is 6.54 Å². The van der Waals surface area contributed by atoms with E-state index in [4.69, 9.17) is 4.74 Å². The van der Waals surface area contributed by atoms with Gasteiger partial charge in [-0.2, -0.15) is 0 Å². The van der Waals surface area contributed by atoms with Crippen molar-refractivity contribution in [3.63, 3.8) is 0 Å². The van der Waals surface area contributed by atoms with Crippen LogP contribution in [0.25, 0.3) is 0 Å². The van der Waals surface area contributed by atoms with E-state index < -0.39 is 0 Å². The molecule has 0 aliphatic carbocycles. The minimum atomic E-state index is -0.166. The van der Waals surface area contributed by atoms with E-state index in [1.807, 2.05) is 4.90 Å². The molecule has 2 aliphatic heterocycles. The summed E-state index contributed by atoms with van der Waals surface area (Å²) < 4.78 is 6.92. The lowest BCUT2D eigenvalue weighted by Crippen LogP contribution is -2.54. The molecule has 30 heavy (non-hydrogen) atoms. The van der Waals surface area contributed by atoms with Crippen LogP contribution in [0.4, 0.5) is 0 Å². The number of nitrogens with zero attached hydrogens (tertiary/aromatic N) is 2. The van der Waals surface area contributed by atoms with Gasteiger partial charge >= 0.3 is 5.97 Å². The van der Waals surface area contributed by atoms with E-state index in [-0.39, 0.29) is 18.0 Å². The number of likely N-dealkylation sites (tertiary alicyclic amines) is 2. The maximum absolute atomic E-state index is 12.5. The second-order valence-corrected chi connectivity index (χ2v) is 9.94. The topological polar surface area (TPSA) is 46.6 Å². The van der Waals surface area contributed by atoms with E-state index in [1.54, 1.807) is 0 Å². The number of likely N-dealkylation sites (N-methyl/N-ethyl adjacent to an activating group) is 1. The Kier molecular flexibility index (Phi) is 11.8. The molecule has 2 fully saturated rings. The van der Waals surface area contributed by atoms with E-state index in [1.165, 1.54) is 64.2 Å². The first-order chi connectivity index (χ1) is 14.5. The smallest absolute Gasteiger partial charge is 0.306 e. The summed E-state index contributed by atoms with van der Waals surface area (Å²) >= 11 is 0. The van der Waals surface area contributed by atoms with E-state index in [9.17, 15) is 9.59 Å².